The second kappa shape index (κ2) is 4.74. The van der Waals surface area contributed by atoms with E-state index in [0.29, 0.717) is 6.07 Å². The van der Waals surface area contributed by atoms with Crippen molar-refractivity contribution in [1.82, 2.24) is 10.3 Å². The fourth-order valence-electron chi connectivity index (χ4n) is 0.899. The molecule has 82 valence electrons. The number of rotatable bonds is 3. The van der Waals surface area contributed by atoms with E-state index in [1.54, 1.807) is 0 Å². The van der Waals surface area contributed by atoms with Crippen molar-refractivity contribution in [3.05, 3.63) is 29.3 Å². The molecule has 1 aromatic heterocycles. The van der Waals surface area contributed by atoms with Gasteiger partial charge in [0.1, 0.15) is 0 Å². The lowest BCUT2D eigenvalue weighted by atomic mass is 10.2. The molecule has 0 spiro atoms. The van der Waals surface area contributed by atoms with Gasteiger partial charge in [0.15, 0.2) is 5.82 Å². The predicted octanol–water partition coefficient (Wildman–Crippen LogP) is 0.221. The van der Waals surface area contributed by atoms with Crippen LogP contribution in [-0.2, 0) is 0 Å². The highest BCUT2D eigenvalue weighted by Gasteiger charge is 2.18. The molecule has 0 atom stereocenters. The summed E-state index contributed by atoms with van der Waals surface area (Å²) in [4.78, 5) is 13.7. The van der Waals surface area contributed by atoms with Crippen LogP contribution in [0.4, 0.5) is 13.2 Å². The average Bonchev–Trinajstić information content (AvgIpc) is 2.19. The van der Waals surface area contributed by atoms with Gasteiger partial charge in [-0.05, 0) is 0 Å². The number of nitrogens with one attached hydrogen (secondary N) is 1. The number of halogens is 3. The number of aliphatic hydroxyl groups is 1. The van der Waals surface area contributed by atoms with Gasteiger partial charge in [0.25, 0.3) is 11.9 Å². The molecular formula is C8H7F3N2O2. The second-order valence-electron chi connectivity index (χ2n) is 2.58. The first kappa shape index (κ1) is 11.4. The van der Waals surface area contributed by atoms with Crippen molar-refractivity contribution in [1.29, 1.82) is 0 Å². The van der Waals surface area contributed by atoms with Crippen molar-refractivity contribution in [2.45, 2.75) is 0 Å². The van der Waals surface area contributed by atoms with Gasteiger partial charge in [-0.2, -0.15) is 13.8 Å². The fourth-order valence-corrected chi connectivity index (χ4v) is 0.899. The molecule has 4 nitrogen and oxygen atoms in total. The minimum absolute atomic E-state index is 0.135. The van der Waals surface area contributed by atoms with Gasteiger partial charge in [-0.15, -0.1) is 0 Å². The molecule has 0 bridgehead atoms. The van der Waals surface area contributed by atoms with E-state index in [4.69, 9.17) is 5.11 Å². The maximum absolute atomic E-state index is 12.9. The van der Waals surface area contributed by atoms with Crippen LogP contribution in [0, 0.1) is 17.7 Å². The first-order chi connectivity index (χ1) is 7.06. The molecule has 0 radical (unpaired) electrons. The molecule has 0 aromatic carbocycles. The van der Waals surface area contributed by atoms with Crippen LogP contribution in [0.15, 0.2) is 6.07 Å². The number of pyridine rings is 1. The van der Waals surface area contributed by atoms with E-state index in [-0.39, 0.29) is 13.2 Å². The minimum atomic E-state index is -1.68. The number of aromatic nitrogens is 1. The Morgan fingerprint density at radius 1 is 1.47 bits per heavy atom. The predicted molar refractivity (Wildman–Crippen MR) is 43.5 cm³/mol. The summed E-state index contributed by atoms with van der Waals surface area (Å²) in [6, 6.07) is 0.477. The second-order valence-corrected chi connectivity index (χ2v) is 2.58. The largest absolute Gasteiger partial charge is 0.395 e. The fraction of sp³-hybridized carbons (Fsp3) is 0.250. The van der Waals surface area contributed by atoms with Gasteiger partial charge in [0, 0.05) is 12.6 Å². The van der Waals surface area contributed by atoms with Gasteiger partial charge in [-0.25, -0.2) is 4.39 Å². The van der Waals surface area contributed by atoms with E-state index in [2.05, 4.69) is 10.3 Å². The van der Waals surface area contributed by atoms with Gasteiger partial charge in [-0.3, -0.25) is 4.79 Å². The van der Waals surface area contributed by atoms with Gasteiger partial charge in [-0.1, -0.05) is 0 Å². The quantitative estimate of drug-likeness (QED) is 0.716. The molecule has 0 saturated heterocycles. The van der Waals surface area contributed by atoms with E-state index in [0.717, 1.165) is 0 Å². The Hall–Kier alpha value is -1.63. The molecule has 7 heteroatoms. The normalized spacial score (nSPS) is 10.1. The molecule has 1 aromatic rings. The molecule has 0 aliphatic rings. The monoisotopic (exact) mass is 220 g/mol. The first-order valence-corrected chi connectivity index (χ1v) is 3.97. The SMILES string of the molecule is O=C(NCCO)c1cc(F)nc(F)c1F. The van der Waals surface area contributed by atoms with Crippen molar-refractivity contribution in [3.63, 3.8) is 0 Å². The van der Waals surface area contributed by atoms with Crippen LogP contribution in [-0.4, -0.2) is 29.1 Å². The average molecular weight is 220 g/mol. The Morgan fingerprint density at radius 3 is 2.73 bits per heavy atom. The Bertz CT molecular complexity index is 384. The standard InChI is InChI=1S/C8H7F3N2O2/c9-5-3-4(6(10)7(11)13-5)8(15)12-1-2-14/h3,14H,1-2H2,(H,12,15). The molecule has 2 N–H and O–H groups in total. The summed E-state index contributed by atoms with van der Waals surface area (Å²) in [6.45, 7) is -0.493. The Balaban J connectivity index is 2.98. The van der Waals surface area contributed by atoms with Crippen LogP contribution in [0.2, 0.25) is 0 Å². The van der Waals surface area contributed by atoms with Crippen molar-refractivity contribution >= 4 is 5.91 Å². The number of amides is 1. The summed E-state index contributed by atoms with van der Waals surface area (Å²) in [5.41, 5.74) is -0.784. The zero-order valence-corrected chi connectivity index (χ0v) is 7.43. The van der Waals surface area contributed by atoms with Gasteiger partial charge in [0.05, 0.1) is 12.2 Å². The molecule has 0 aliphatic carbocycles. The Labute approximate surface area is 82.7 Å². The maximum Gasteiger partial charge on any atom is 0.254 e. The molecule has 1 heterocycles. The number of carbonyl (C=O) groups is 1. The van der Waals surface area contributed by atoms with Gasteiger partial charge >= 0.3 is 0 Å². The number of hydrogen-bond acceptors (Lipinski definition) is 3. The number of nitrogens with zero attached hydrogens (tertiary/aromatic N) is 1. The third kappa shape index (κ3) is 2.66. The van der Waals surface area contributed by atoms with E-state index < -0.39 is 29.2 Å². The highest BCUT2D eigenvalue weighted by atomic mass is 19.2. The van der Waals surface area contributed by atoms with E-state index in [9.17, 15) is 18.0 Å². The minimum Gasteiger partial charge on any atom is -0.395 e. The maximum atomic E-state index is 12.9. The van der Waals surface area contributed by atoms with Crippen LogP contribution < -0.4 is 5.32 Å². The number of carbonyl (C=O) groups excluding carboxylic acids is 1. The molecule has 0 aliphatic heterocycles. The van der Waals surface area contributed by atoms with Crippen molar-refractivity contribution in [2.24, 2.45) is 0 Å². The zero-order chi connectivity index (χ0) is 11.4. The summed E-state index contributed by atoms with van der Waals surface area (Å²) in [5, 5.41) is 10.4. The van der Waals surface area contributed by atoms with Crippen LogP contribution >= 0.6 is 0 Å². The van der Waals surface area contributed by atoms with Crippen molar-refractivity contribution in [2.75, 3.05) is 13.2 Å². The van der Waals surface area contributed by atoms with Crippen LogP contribution in [0.1, 0.15) is 10.4 Å². The zero-order valence-electron chi connectivity index (χ0n) is 7.43. The van der Waals surface area contributed by atoms with Crippen molar-refractivity contribution in [3.8, 4) is 0 Å². The highest BCUT2D eigenvalue weighted by molar-refractivity contribution is 5.94. The topological polar surface area (TPSA) is 62.2 Å². The summed E-state index contributed by atoms with van der Waals surface area (Å²) in [7, 11) is 0. The van der Waals surface area contributed by atoms with Gasteiger partial charge in [0.2, 0.25) is 5.95 Å². The molecule has 0 unspecified atom stereocenters. The lowest BCUT2D eigenvalue weighted by Crippen LogP contribution is -2.27. The molecule has 1 rings (SSSR count). The molecule has 0 saturated carbocycles. The van der Waals surface area contributed by atoms with Crippen LogP contribution in [0.5, 0.6) is 0 Å². The highest BCUT2D eigenvalue weighted by Crippen LogP contribution is 2.10. The molecule has 0 fully saturated rings. The summed E-state index contributed by atoms with van der Waals surface area (Å²) in [5.74, 6) is -5.50. The third-order valence-electron chi connectivity index (χ3n) is 1.53. The first-order valence-electron chi connectivity index (χ1n) is 3.97. The summed E-state index contributed by atoms with van der Waals surface area (Å²) >= 11 is 0. The van der Waals surface area contributed by atoms with Crippen molar-refractivity contribution < 1.29 is 23.1 Å². The van der Waals surface area contributed by atoms with Crippen LogP contribution in [0.3, 0.4) is 0 Å². The number of hydrogen-bond donors (Lipinski definition) is 2. The summed E-state index contributed by atoms with van der Waals surface area (Å²) in [6.07, 6.45) is 0. The number of aliphatic hydroxyl groups excluding tert-OH is 1. The molecular weight excluding hydrogens is 213 g/mol. The Kier molecular flexibility index (Phi) is 3.62. The lowest BCUT2D eigenvalue weighted by Gasteiger charge is -2.04. The molecule has 15 heavy (non-hydrogen) atoms. The van der Waals surface area contributed by atoms with Crippen LogP contribution in [0.25, 0.3) is 0 Å². The molecule has 1 amide bonds. The van der Waals surface area contributed by atoms with E-state index in [1.807, 2.05) is 0 Å². The Morgan fingerprint density at radius 2 is 2.13 bits per heavy atom. The smallest absolute Gasteiger partial charge is 0.254 e. The van der Waals surface area contributed by atoms with Gasteiger partial charge < -0.3 is 10.4 Å². The van der Waals surface area contributed by atoms with E-state index >= 15 is 0 Å². The van der Waals surface area contributed by atoms with E-state index in [1.165, 1.54) is 0 Å². The summed E-state index contributed by atoms with van der Waals surface area (Å²) < 4.78 is 38.0. The third-order valence-corrected chi connectivity index (χ3v) is 1.53. The lowest BCUT2D eigenvalue weighted by molar-refractivity contribution is 0.0938.